The zero-order valence-corrected chi connectivity index (χ0v) is 22.3. The first kappa shape index (κ1) is 27.7. The van der Waals surface area contributed by atoms with Crippen molar-refractivity contribution in [3.8, 4) is 17.2 Å². The minimum Gasteiger partial charge on any atom is -0.493 e. The van der Waals surface area contributed by atoms with Crippen LogP contribution in [0.1, 0.15) is 20.7 Å². The maximum atomic E-state index is 13.0. The van der Waals surface area contributed by atoms with E-state index in [4.69, 9.17) is 32.0 Å². The predicted molar refractivity (Wildman–Crippen MR) is 156 cm³/mol. The summed E-state index contributed by atoms with van der Waals surface area (Å²) >= 11 is 5.33. The number of hydrogen-bond acceptors (Lipinski definition) is 7. The van der Waals surface area contributed by atoms with Crippen molar-refractivity contribution in [2.75, 3.05) is 31.6 Å². The summed E-state index contributed by atoms with van der Waals surface area (Å²) < 4.78 is 16.0. The molecule has 11 nitrogen and oxygen atoms in total. The van der Waals surface area contributed by atoms with Gasteiger partial charge in [0.05, 0.1) is 14.2 Å². The summed E-state index contributed by atoms with van der Waals surface area (Å²) in [5.41, 5.74) is 10.3. The fourth-order valence-corrected chi connectivity index (χ4v) is 4.14. The predicted octanol–water partition coefficient (Wildman–Crippen LogP) is 5.88. The summed E-state index contributed by atoms with van der Waals surface area (Å²) in [6.07, 6.45) is 0. The summed E-state index contributed by atoms with van der Waals surface area (Å²) in [4.78, 5) is 28.6. The number of azide groups is 1. The number of amides is 2. The number of nitrogens with zero attached hydrogens (tertiary/aromatic N) is 3. The third kappa shape index (κ3) is 6.57. The largest absolute Gasteiger partial charge is 0.493 e. The molecule has 40 heavy (non-hydrogen) atoms. The minimum absolute atomic E-state index is 0.0221. The van der Waals surface area contributed by atoms with E-state index in [1.165, 1.54) is 26.4 Å². The number of anilines is 2. The van der Waals surface area contributed by atoms with E-state index in [-0.39, 0.29) is 40.6 Å². The van der Waals surface area contributed by atoms with E-state index in [0.29, 0.717) is 16.9 Å². The van der Waals surface area contributed by atoms with Crippen molar-refractivity contribution in [3.63, 3.8) is 0 Å². The van der Waals surface area contributed by atoms with Crippen LogP contribution in [-0.2, 0) is 0 Å². The zero-order valence-electron chi connectivity index (χ0n) is 21.5. The monoisotopic (exact) mass is 556 g/mol. The average Bonchev–Trinajstić information content (AvgIpc) is 2.96. The van der Waals surface area contributed by atoms with E-state index in [2.05, 4.69) is 26.0 Å². The third-order valence-corrected chi connectivity index (χ3v) is 5.89. The van der Waals surface area contributed by atoms with Crippen LogP contribution in [0.2, 0.25) is 0 Å². The van der Waals surface area contributed by atoms with Crippen LogP contribution in [0.4, 0.5) is 11.4 Å². The van der Waals surface area contributed by atoms with Gasteiger partial charge in [0, 0.05) is 27.4 Å². The van der Waals surface area contributed by atoms with Gasteiger partial charge in [0.25, 0.3) is 11.8 Å². The molecule has 0 aliphatic heterocycles. The van der Waals surface area contributed by atoms with Gasteiger partial charge in [-0.05, 0) is 64.9 Å². The zero-order chi connectivity index (χ0) is 28.5. The fourth-order valence-electron chi connectivity index (χ4n) is 3.93. The molecular formula is C28H24N6O5S. The maximum Gasteiger partial charge on any atom is 0.257 e. The molecule has 12 heteroatoms. The lowest BCUT2D eigenvalue weighted by Crippen LogP contribution is -2.34. The number of hydrogen-bond donors (Lipinski definition) is 3. The third-order valence-electron chi connectivity index (χ3n) is 5.69. The van der Waals surface area contributed by atoms with Gasteiger partial charge >= 0.3 is 0 Å². The van der Waals surface area contributed by atoms with Crippen molar-refractivity contribution < 1.29 is 23.8 Å². The highest BCUT2D eigenvalue weighted by Crippen LogP contribution is 2.38. The molecule has 0 aromatic heterocycles. The number of fused-ring (bicyclic) bond motifs is 1. The molecule has 3 N–H and O–H groups in total. The highest BCUT2D eigenvalue weighted by molar-refractivity contribution is 7.80. The molecule has 0 aliphatic carbocycles. The number of carbonyl (C=O) groups excluding carboxylic acids is 2. The Bertz CT molecular complexity index is 1630. The van der Waals surface area contributed by atoms with Gasteiger partial charge in [0.15, 0.2) is 23.3 Å². The molecule has 0 aliphatic rings. The van der Waals surface area contributed by atoms with Gasteiger partial charge in [0.2, 0.25) is 5.75 Å². The Labute approximate surface area is 234 Å². The van der Waals surface area contributed by atoms with Crippen molar-refractivity contribution >= 4 is 51.3 Å². The topological polar surface area (TPSA) is 147 Å². The quantitative estimate of drug-likeness (QED) is 0.101. The number of thiocarbonyl (C=S) groups is 1. The van der Waals surface area contributed by atoms with Crippen LogP contribution in [0.25, 0.3) is 21.2 Å². The number of benzene rings is 4. The van der Waals surface area contributed by atoms with Crippen LogP contribution in [0.15, 0.2) is 84.0 Å². The van der Waals surface area contributed by atoms with Crippen molar-refractivity contribution in [1.82, 2.24) is 5.32 Å². The van der Waals surface area contributed by atoms with Crippen LogP contribution >= 0.6 is 12.2 Å². The molecule has 0 fully saturated rings. The summed E-state index contributed by atoms with van der Waals surface area (Å²) in [5, 5.41) is 13.6. The normalized spacial score (nSPS) is 10.2. The number of rotatable bonds is 9. The molecule has 0 bridgehead atoms. The molecule has 0 saturated heterocycles. The van der Waals surface area contributed by atoms with Crippen LogP contribution < -0.4 is 30.2 Å². The summed E-state index contributed by atoms with van der Waals surface area (Å²) in [6, 6.07) is 23.0. The number of methoxy groups -OCH3 is 2. The Morgan fingerprint density at radius 2 is 1.57 bits per heavy atom. The molecule has 4 rings (SSSR count). The van der Waals surface area contributed by atoms with Gasteiger partial charge in [-0.2, -0.15) is 0 Å². The highest BCUT2D eigenvalue weighted by Gasteiger charge is 2.18. The minimum atomic E-state index is -0.549. The van der Waals surface area contributed by atoms with E-state index in [9.17, 15) is 9.59 Å². The van der Waals surface area contributed by atoms with Crippen LogP contribution in [0.3, 0.4) is 0 Å². The number of nitrogens with one attached hydrogen (secondary N) is 3. The van der Waals surface area contributed by atoms with Crippen LogP contribution in [0.5, 0.6) is 17.2 Å². The van der Waals surface area contributed by atoms with Crippen molar-refractivity contribution in [2.24, 2.45) is 5.11 Å². The second-order valence-electron chi connectivity index (χ2n) is 8.18. The van der Waals surface area contributed by atoms with Crippen molar-refractivity contribution in [1.29, 1.82) is 0 Å². The Balaban J connectivity index is 1.45. The number of ether oxygens (including phenoxy) is 3. The lowest BCUT2D eigenvalue weighted by molar-refractivity contribution is 0.0975. The Kier molecular flexibility index (Phi) is 8.98. The number of carbonyl (C=O) groups is 2. The molecule has 0 unspecified atom stereocenters. The van der Waals surface area contributed by atoms with E-state index in [1.54, 1.807) is 30.3 Å². The molecule has 0 radical (unpaired) electrons. The molecular weight excluding hydrogens is 532 g/mol. The summed E-state index contributed by atoms with van der Waals surface area (Å²) in [5.74, 6) is -0.188. The molecule has 4 aromatic rings. The maximum absolute atomic E-state index is 13.0. The second-order valence-corrected chi connectivity index (χ2v) is 8.59. The van der Waals surface area contributed by atoms with Gasteiger partial charge in [0.1, 0.15) is 0 Å². The first-order valence-electron chi connectivity index (χ1n) is 11.8. The smallest absolute Gasteiger partial charge is 0.257 e. The van der Waals surface area contributed by atoms with Gasteiger partial charge in [-0.25, -0.2) is 0 Å². The Hall–Kier alpha value is -5.32. The van der Waals surface area contributed by atoms with E-state index < -0.39 is 5.91 Å². The fraction of sp³-hybridized carbons (Fsp3) is 0.107. The molecule has 0 heterocycles. The highest BCUT2D eigenvalue weighted by atomic mass is 32.1. The van der Waals surface area contributed by atoms with E-state index >= 15 is 0 Å². The van der Waals surface area contributed by atoms with E-state index in [1.807, 2.05) is 36.4 Å². The molecule has 0 saturated carbocycles. The molecule has 4 aromatic carbocycles. The van der Waals surface area contributed by atoms with Crippen molar-refractivity contribution in [2.45, 2.75) is 0 Å². The molecule has 202 valence electrons. The Morgan fingerprint density at radius 1 is 0.875 bits per heavy atom. The van der Waals surface area contributed by atoms with Gasteiger partial charge < -0.3 is 24.8 Å². The standard InChI is InChI=1S/C28H24N6O5S/c1-37-23-13-18(14-24(25(23)38-2)39-16-30-34-29)26(35)33-28(40)32-20-10-6-9-19(15-20)31-27(36)22-12-5-8-17-7-3-4-11-21(17)22/h3-15H,16H2,1-2H3,(H,31,36)(H2,32,33,35,40). The molecule has 0 spiro atoms. The van der Waals surface area contributed by atoms with Gasteiger partial charge in [-0.3, -0.25) is 14.9 Å². The SMILES string of the molecule is COc1cc(C(=O)NC(=S)Nc2cccc(NC(=O)c3cccc4ccccc34)c2)cc(OCN=[N+]=[N-])c1OC. The molecule has 0 atom stereocenters. The van der Waals surface area contributed by atoms with E-state index in [0.717, 1.165) is 10.8 Å². The van der Waals surface area contributed by atoms with Crippen molar-refractivity contribution in [3.05, 3.63) is 100 Å². The van der Waals surface area contributed by atoms with Crippen LogP contribution in [-0.4, -0.2) is 37.9 Å². The Morgan fingerprint density at radius 3 is 2.33 bits per heavy atom. The first-order chi connectivity index (χ1) is 19.4. The average molecular weight is 557 g/mol. The summed E-state index contributed by atoms with van der Waals surface area (Å²) in [6.45, 7) is -0.311. The van der Waals surface area contributed by atoms with Crippen LogP contribution in [0, 0.1) is 0 Å². The molecule has 2 amide bonds. The lowest BCUT2D eigenvalue weighted by atomic mass is 10.0. The summed E-state index contributed by atoms with van der Waals surface area (Å²) in [7, 11) is 2.82. The lowest BCUT2D eigenvalue weighted by Gasteiger charge is -2.15. The van der Waals surface area contributed by atoms with Gasteiger partial charge in [-0.1, -0.05) is 47.6 Å². The second kappa shape index (κ2) is 13.0. The van der Waals surface area contributed by atoms with Gasteiger partial charge in [-0.15, -0.1) is 0 Å². The first-order valence-corrected chi connectivity index (χ1v) is 12.3.